The fourth-order valence-corrected chi connectivity index (χ4v) is 4.69. The van der Waals surface area contributed by atoms with E-state index in [1.165, 1.54) is 0 Å². The lowest BCUT2D eigenvalue weighted by Crippen LogP contribution is -2.45. The largest absolute Gasteiger partial charge is 0.393 e. The van der Waals surface area contributed by atoms with E-state index in [0.717, 1.165) is 67.2 Å². The van der Waals surface area contributed by atoms with Crippen molar-refractivity contribution in [3.63, 3.8) is 0 Å². The van der Waals surface area contributed by atoms with Gasteiger partial charge >= 0.3 is 0 Å². The van der Waals surface area contributed by atoms with Crippen LogP contribution in [0.15, 0.2) is 36.7 Å². The van der Waals surface area contributed by atoms with Crippen LogP contribution in [0, 0.1) is 0 Å². The summed E-state index contributed by atoms with van der Waals surface area (Å²) in [6, 6.07) is 8.56. The Morgan fingerprint density at radius 3 is 2.97 bits per heavy atom. The zero-order chi connectivity index (χ0) is 19.8. The van der Waals surface area contributed by atoms with Crippen LogP contribution in [0.5, 0.6) is 0 Å². The van der Waals surface area contributed by atoms with Crippen molar-refractivity contribution in [1.29, 1.82) is 0 Å². The number of H-pyrrole nitrogens is 1. The Morgan fingerprint density at radius 1 is 1.24 bits per heavy atom. The van der Waals surface area contributed by atoms with Crippen LogP contribution in [0.3, 0.4) is 0 Å². The van der Waals surface area contributed by atoms with Crippen molar-refractivity contribution >= 4 is 16.8 Å². The van der Waals surface area contributed by atoms with Gasteiger partial charge < -0.3 is 15.0 Å². The summed E-state index contributed by atoms with van der Waals surface area (Å²) in [7, 11) is 0. The predicted octanol–water partition coefficient (Wildman–Crippen LogP) is 2.62. The molecule has 152 valence electrons. The van der Waals surface area contributed by atoms with E-state index in [4.69, 9.17) is 0 Å². The summed E-state index contributed by atoms with van der Waals surface area (Å²) in [5, 5.41) is 19.2. The van der Waals surface area contributed by atoms with E-state index in [0.29, 0.717) is 6.42 Å². The molecule has 1 aliphatic carbocycles. The first-order chi connectivity index (χ1) is 14.2. The van der Waals surface area contributed by atoms with Gasteiger partial charge in [-0.25, -0.2) is 4.68 Å². The molecule has 7 heteroatoms. The molecule has 2 aliphatic rings. The van der Waals surface area contributed by atoms with Crippen molar-refractivity contribution in [3.05, 3.63) is 47.9 Å². The highest BCUT2D eigenvalue weighted by Gasteiger charge is 2.31. The number of hydrogen-bond donors (Lipinski definition) is 2. The Hall–Kier alpha value is -2.67. The summed E-state index contributed by atoms with van der Waals surface area (Å²) in [4.78, 5) is 18.5. The third-order valence-corrected chi connectivity index (χ3v) is 6.43. The average molecular weight is 393 g/mol. The van der Waals surface area contributed by atoms with E-state index in [1.54, 1.807) is 0 Å². The van der Waals surface area contributed by atoms with Gasteiger partial charge in [0, 0.05) is 42.3 Å². The number of para-hydroxylation sites is 1. The lowest BCUT2D eigenvalue weighted by molar-refractivity contribution is -0.134. The fraction of sp³-hybridized carbons (Fsp3) is 0.500. The van der Waals surface area contributed by atoms with Gasteiger partial charge in [0.05, 0.1) is 24.3 Å². The Balaban J connectivity index is 1.27. The number of nitrogens with zero attached hydrogens (tertiary/aromatic N) is 4. The zero-order valence-corrected chi connectivity index (χ0v) is 16.5. The lowest BCUT2D eigenvalue weighted by Gasteiger charge is -2.35. The summed E-state index contributed by atoms with van der Waals surface area (Å²) in [5.74, 6) is 0.189. The number of amides is 1. The standard InChI is InChI=1S/C22H27N5O2/c28-19-11-18(12-19)27-14-16(24-25-27)10-17-5-3-4-8-26(17)22(29)9-15-13-23-21-7-2-1-6-20(15)21/h1-2,6-7,13-14,17-19,23,28H,3-5,8-12H2. The summed E-state index contributed by atoms with van der Waals surface area (Å²) in [5.41, 5.74) is 3.07. The van der Waals surface area contributed by atoms with Gasteiger partial charge in [-0.05, 0) is 43.7 Å². The first-order valence-corrected chi connectivity index (χ1v) is 10.6. The van der Waals surface area contributed by atoms with Gasteiger partial charge in [0.1, 0.15) is 0 Å². The number of carbonyl (C=O) groups excluding carboxylic acids is 1. The van der Waals surface area contributed by atoms with Crippen LogP contribution in [0.1, 0.15) is 49.4 Å². The highest BCUT2D eigenvalue weighted by atomic mass is 16.3. The molecule has 3 aromatic rings. The topological polar surface area (TPSA) is 87.0 Å². The second-order valence-corrected chi connectivity index (χ2v) is 8.45. The van der Waals surface area contributed by atoms with Gasteiger partial charge in [0.2, 0.25) is 5.91 Å². The van der Waals surface area contributed by atoms with Gasteiger partial charge in [-0.15, -0.1) is 5.10 Å². The van der Waals surface area contributed by atoms with E-state index in [2.05, 4.69) is 26.3 Å². The molecule has 29 heavy (non-hydrogen) atoms. The number of hydrogen-bond acceptors (Lipinski definition) is 4. The molecule has 2 fully saturated rings. The summed E-state index contributed by atoms with van der Waals surface area (Å²) >= 11 is 0. The molecule has 5 rings (SSSR count). The monoisotopic (exact) mass is 393 g/mol. The SMILES string of the molecule is O=C(Cc1c[nH]c2ccccc12)N1CCCCC1Cc1cn(C2CC(O)C2)nn1. The first kappa shape index (κ1) is 18.4. The molecule has 2 N–H and O–H groups in total. The lowest BCUT2D eigenvalue weighted by atomic mass is 9.90. The molecule has 1 atom stereocenters. The van der Waals surface area contributed by atoms with Crippen LogP contribution in [0.4, 0.5) is 0 Å². The molecule has 3 heterocycles. The van der Waals surface area contributed by atoms with Crippen LogP contribution in [-0.4, -0.2) is 54.6 Å². The van der Waals surface area contributed by atoms with Gasteiger partial charge in [-0.1, -0.05) is 23.4 Å². The smallest absolute Gasteiger partial charge is 0.227 e. The van der Waals surface area contributed by atoms with Crippen molar-refractivity contribution in [2.75, 3.05) is 6.54 Å². The molecule has 1 amide bonds. The van der Waals surface area contributed by atoms with Crippen molar-refractivity contribution in [1.82, 2.24) is 24.9 Å². The summed E-state index contributed by atoms with van der Waals surface area (Å²) in [6.45, 7) is 0.814. The number of aliphatic hydroxyl groups excluding tert-OH is 1. The number of carbonyl (C=O) groups is 1. The van der Waals surface area contributed by atoms with E-state index >= 15 is 0 Å². The normalized spacial score (nSPS) is 24.6. The zero-order valence-electron chi connectivity index (χ0n) is 16.5. The van der Waals surface area contributed by atoms with E-state index in [-0.39, 0.29) is 24.1 Å². The number of benzene rings is 1. The maximum Gasteiger partial charge on any atom is 0.227 e. The number of aliphatic hydroxyl groups is 1. The highest BCUT2D eigenvalue weighted by Crippen LogP contribution is 2.31. The van der Waals surface area contributed by atoms with Crippen molar-refractivity contribution in [2.45, 2.75) is 63.1 Å². The molecular formula is C22H27N5O2. The Kier molecular flexibility index (Phi) is 4.83. The van der Waals surface area contributed by atoms with Crippen LogP contribution in [0.2, 0.25) is 0 Å². The van der Waals surface area contributed by atoms with E-state index in [9.17, 15) is 9.90 Å². The number of likely N-dealkylation sites (tertiary alicyclic amines) is 1. The van der Waals surface area contributed by atoms with Gasteiger partial charge in [0.15, 0.2) is 0 Å². The number of rotatable bonds is 5. The molecular weight excluding hydrogens is 366 g/mol. The second-order valence-electron chi connectivity index (χ2n) is 8.45. The summed E-state index contributed by atoms with van der Waals surface area (Å²) in [6.07, 6.45) is 9.63. The molecule has 1 aliphatic heterocycles. The Morgan fingerprint density at radius 2 is 2.10 bits per heavy atom. The minimum atomic E-state index is -0.205. The van der Waals surface area contributed by atoms with E-state index < -0.39 is 0 Å². The number of aromatic amines is 1. The fourth-order valence-electron chi connectivity index (χ4n) is 4.69. The number of piperidine rings is 1. The second kappa shape index (κ2) is 7.63. The first-order valence-electron chi connectivity index (χ1n) is 10.6. The minimum Gasteiger partial charge on any atom is -0.393 e. The van der Waals surface area contributed by atoms with Crippen molar-refractivity contribution < 1.29 is 9.90 Å². The highest BCUT2D eigenvalue weighted by molar-refractivity contribution is 5.89. The van der Waals surface area contributed by atoms with E-state index in [1.807, 2.05) is 35.3 Å². The minimum absolute atomic E-state index is 0.179. The third-order valence-electron chi connectivity index (χ3n) is 6.43. The third kappa shape index (κ3) is 3.67. The summed E-state index contributed by atoms with van der Waals surface area (Å²) < 4.78 is 1.88. The van der Waals surface area contributed by atoms with Gasteiger partial charge in [-0.3, -0.25) is 4.79 Å². The molecule has 1 aromatic carbocycles. The molecule has 0 radical (unpaired) electrons. The maximum absolute atomic E-state index is 13.2. The van der Waals surface area contributed by atoms with Gasteiger partial charge in [-0.2, -0.15) is 0 Å². The number of nitrogens with one attached hydrogen (secondary N) is 1. The molecule has 2 aromatic heterocycles. The number of aromatic nitrogens is 4. The van der Waals surface area contributed by atoms with Crippen molar-refractivity contribution in [3.8, 4) is 0 Å². The average Bonchev–Trinajstić information content (AvgIpc) is 3.33. The number of fused-ring (bicyclic) bond motifs is 1. The predicted molar refractivity (Wildman–Crippen MR) is 109 cm³/mol. The molecule has 1 saturated heterocycles. The van der Waals surface area contributed by atoms with Crippen molar-refractivity contribution in [2.24, 2.45) is 0 Å². The molecule has 0 spiro atoms. The molecule has 7 nitrogen and oxygen atoms in total. The molecule has 0 bridgehead atoms. The van der Waals surface area contributed by atoms with Crippen LogP contribution in [0.25, 0.3) is 10.9 Å². The maximum atomic E-state index is 13.2. The Labute approximate surface area is 169 Å². The quantitative estimate of drug-likeness (QED) is 0.698. The van der Waals surface area contributed by atoms with Crippen LogP contribution in [-0.2, 0) is 17.6 Å². The van der Waals surface area contributed by atoms with Gasteiger partial charge in [0.25, 0.3) is 0 Å². The Bertz CT molecular complexity index is 1000. The van der Waals surface area contributed by atoms with Crippen LogP contribution < -0.4 is 0 Å². The molecule has 1 unspecified atom stereocenters. The van der Waals surface area contributed by atoms with Crippen LogP contribution >= 0.6 is 0 Å². The molecule has 1 saturated carbocycles.